The SMILES string of the molecule is Cl.Cl.O=C(c1cccc(CC2CCNC2)c1)N1CCCN(C2Cc3ccccc3C2)CC1. The van der Waals surface area contributed by atoms with Gasteiger partial charge in [0.2, 0.25) is 0 Å². The molecule has 1 amide bonds. The molecule has 2 heterocycles. The van der Waals surface area contributed by atoms with Gasteiger partial charge in [-0.3, -0.25) is 9.69 Å². The third kappa shape index (κ3) is 5.66. The summed E-state index contributed by atoms with van der Waals surface area (Å²) < 4.78 is 0. The summed E-state index contributed by atoms with van der Waals surface area (Å²) in [5.74, 6) is 0.913. The average molecular weight is 476 g/mol. The number of halogens is 2. The van der Waals surface area contributed by atoms with Crippen molar-refractivity contribution in [2.75, 3.05) is 39.3 Å². The molecule has 3 aliphatic rings. The number of hydrogen-bond donors (Lipinski definition) is 1. The number of benzene rings is 2. The van der Waals surface area contributed by atoms with E-state index in [9.17, 15) is 4.79 Å². The molecule has 32 heavy (non-hydrogen) atoms. The second-order valence-electron chi connectivity index (χ2n) is 9.28. The zero-order chi connectivity index (χ0) is 20.3. The van der Waals surface area contributed by atoms with Crippen LogP contribution >= 0.6 is 24.8 Å². The molecule has 0 aromatic heterocycles. The summed E-state index contributed by atoms with van der Waals surface area (Å²) in [6.07, 6.45) is 5.69. The third-order valence-electron chi connectivity index (χ3n) is 7.22. The Morgan fingerprint density at radius 1 is 0.938 bits per heavy atom. The van der Waals surface area contributed by atoms with E-state index in [1.165, 1.54) is 23.1 Å². The molecule has 6 heteroatoms. The van der Waals surface area contributed by atoms with Gasteiger partial charge in [0.05, 0.1) is 0 Å². The van der Waals surface area contributed by atoms with Crippen molar-refractivity contribution >= 4 is 30.7 Å². The number of amides is 1. The summed E-state index contributed by atoms with van der Waals surface area (Å²) >= 11 is 0. The maximum Gasteiger partial charge on any atom is 0.253 e. The number of carbonyl (C=O) groups is 1. The highest BCUT2D eigenvalue weighted by Gasteiger charge is 2.29. The molecule has 4 nitrogen and oxygen atoms in total. The normalized spacial score (nSPS) is 21.4. The first-order valence-electron chi connectivity index (χ1n) is 11.7. The van der Waals surface area contributed by atoms with Crippen LogP contribution < -0.4 is 5.32 Å². The molecular weight excluding hydrogens is 441 g/mol. The first kappa shape index (κ1) is 25.0. The summed E-state index contributed by atoms with van der Waals surface area (Å²) in [4.78, 5) is 17.9. The maximum atomic E-state index is 13.2. The fraction of sp³-hybridized carbons (Fsp3) is 0.500. The highest BCUT2D eigenvalue weighted by Crippen LogP contribution is 2.26. The molecule has 0 radical (unpaired) electrons. The van der Waals surface area contributed by atoms with Gasteiger partial charge in [-0.05, 0) is 79.9 Å². The van der Waals surface area contributed by atoms with Gasteiger partial charge >= 0.3 is 0 Å². The number of rotatable bonds is 4. The van der Waals surface area contributed by atoms with Gasteiger partial charge in [0.25, 0.3) is 5.91 Å². The van der Waals surface area contributed by atoms with Crippen molar-refractivity contribution < 1.29 is 4.79 Å². The van der Waals surface area contributed by atoms with Crippen LogP contribution in [0.5, 0.6) is 0 Å². The van der Waals surface area contributed by atoms with Crippen molar-refractivity contribution in [2.45, 2.75) is 38.1 Å². The quantitative estimate of drug-likeness (QED) is 0.725. The van der Waals surface area contributed by atoms with Crippen LogP contribution in [0.25, 0.3) is 0 Å². The lowest BCUT2D eigenvalue weighted by molar-refractivity contribution is 0.0758. The molecule has 1 N–H and O–H groups in total. The highest BCUT2D eigenvalue weighted by atomic mass is 35.5. The molecule has 174 valence electrons. The second-order valence-corrected chi connectivity index (χ2v) is 9.28. The van der Waals surface area contributed by atoms with Crippen LogP contribution in [-0.4, -0.2) is 61.0 Å². The lowest BCUT2D eigenvalue weighted by Crippen LogP contribution is -2.40. The Morgan fingerprint density at radius 2 is 1.72 bits per heavy atom. The Hall–Kier alpha value is -1.59. The third-order valence-corrected chi connectivity index (χ3v) is 7.22. The van der Waals surface area contributed by atoms with Gasteiger partial charge in [0.15, 0.2) is 0 Å². The zero-order valence-corrected chi connectivity index (χ0v) is 20.3. The molecule has 2 aromatic rings. The molecule has 2 aromatic carbocycles. The minimum absolute atomic E-state index is 0. The lowest BCUT2D eigenvalue weighted by atomic mass is 9.97. The molecule has 0 saturated carbocycles. The van der Waals surface area contributed by atoms with Crippen LogP contribution in [0.1, 0.15) is 39.9 Å². The Bertz CT molecular complexity index is 875. The van der Waals surface area contributed by atoms with E-state index in [4.69, 9.17) is 0 Å². The summed E-state index contributed by atoms with van der Waals surface area (Å²) in [6, 6.07) is 17.8. The van der Waals surface area contributed by atoms with Crippen LogP contribution in [0.4, 0.5) is 0 Å². The fourth-order valence-corrected chi connectivity index (χ4v) is 5.54. The Kier molecular flexibility index (Phi) is 9.01. The topological polar surface area (TPSA) is 35.6 Å². The van der Waals surface area contributed by atoms with Gasteiger partial charge in [-0.15, -0.1) is 24.8 Å². The summed E-state index contributed by atoms with van der Waals surface area (Å²) in [6.45, 7) is 6.01. The number of nitrogens with zero attached hydrogens (tertiary/aromatic N) is 2. The first-order valence-corrected chi connectivity index (χ1v) is 11.7. The Morgan fingerprint density at radius 3 is 2.44 bits per heavy atom. The second kappa shape index (κ2) is 11.5. The van der Waals surface area contributed by atoms with E-state index in [0.29, 0.717) is 12.0 Å². The number of fused-ring (bicyclic) bond motifs is 1. The minimum Gasteiger partial charge on any atom is -0.337 e. The molecule has 2 saturated heterocycles. The largest absolute Gasteiger partial charge is 0.337 e. The first-order chi connectivity index (χ1) is 14.8. The smallest absolute Gasteiger partial charge is 0.253 e. The molecular formula is C26H35Cl2N3O. The van der Waals surface area contributed by atoms with Crippen molar-refractivity contribution in [3.8, 4) is 0 Å². The van der Waals surface area contributed by atoms with Gasteiger partial charge in [0.1, 0.15) is 0 Å². The molecule has 5 rings (SSSR count). The van der Waals surface area contributed by atoms with Gasteiger partial charge < -0.3 is 10.2 Å². The molecule has 2 fully saturated rings. The van der Waals surface area contributed by atoms with E-state index in [0.717, 1.165) is 70.5 Å². The molecule has 1 atom stereocenters. The van der Waals surface area contributed by atoms with E-state index in [1.807, 2.05) is 6.07 Å². The summed E-state index contributed by atoms with van der Waals surface area (Å²) in [7, 11) is 0. The average Bonchev–Trinajstić information content (AvgIpc) is 3.37. The number of hydrogen-bond acceptors (Lipinski definition) is 3. The molecule has 0 bridgehead atoms. The monoisotopic (exact) mass is 475 g/mol. The van der Waals surface area contributed by atoms with E-state index in [-0.39, 0.29) is 30.7 Å². The van der Waals surface area contributed by atoms with Crippen LogP contribution in [0.2, 0.25) is 0 Å². The minimum atomic E-state index is 0. The molecule has 0 spiro atoms. The van der Waals surface area contributed by atoms with Gasteiger partial charge in [-0.1, -0.05) is 36.4 Å². The molecule has 1 unspecified atom stereocenters. The van der Waals surface area contributed by atoms with Crippen molar-refractivity contribution in [1.29, 1.82) is 0 Å². The van der Waals surface area contributed by atoms with Crippen molar-refractivity contribution in [3.05, 3.63) is 70.8 Å². The van der Waals surface area contributed by atoms with Crippen molar-refractivity contribution in [2.24, 2.45) is 5.92 Å². The summed E-state index contributed by atoms with van der Waals surface area (Å²) in [5, 5.41) is 3.44. The van der Waals surface area contributed by atoms with Crippen LogP contribution in [0.15, 0.2) is 48.5 Å². The summed E-state index contributed by atoms with van der Waals surface area (Å²) in [5.41, 5.74) is 5.18. The van der Waals surface area contributed by atoms with Gasteiger partial charge in [0, 0.05) is 37.8 Å². The Balaban J connectivity index is 0.00000144. The predicted octanol–water partition coefficient (Wildman–Crippen LogP) is 4.00. The van der Waals surface area contributed by atoms with Crippen LogP contribution in [0.3, 0.4) is 0 Å². The number of nitrogens with one attached hydrogen (secondary N) is 1. The molecule has 1 aliphatic carbocycles. The highest BCUT2D eigenvalue weighted by molar-refractivity contribution is 5.94. The van der Waals surface area contributed by atoms with E-state index < -0.39 is 0 Å². The predicted molar refractivity (Wildman–Crippen MR) is 135 cm³/mol. The molecule has 2 aliphatic heterocycles. The number of carbonyl (C=O) groups excluding carboxylic acids is 1. The van der Waals surface area contributed by atoms with Crippen LogP contribution in [0, 0.1) is 5.92 Å². The fourth-order valence-electron chi connectivity index (χ4n) is 5.54. The van der Waals surface area contributed by atoms with Gasteiger partial charge in [-0.25, -0.2) is 0 Å². The van der Waals surface area contributed by atoms with E-state index in [1.54, 1.807) is 0 Å². The maximum absolute atomic E-state index is 13.2. The zero-order valence-electron chi connectivity index (χ0n) is 18.7. The van der Waals surface area contributed by atoms with E-state index >= 15 is 0 Å². The van der Waals surface area contributed by atoms with Gasteiger partial charge in [-0.2, -0.15) is 0 Å². The Labute approximate surface area is 204 Å². The van der Waals surface area contributed by atoms with Crippen molar-refractivity contribution in [3.63, 3.8) is 0 Å². The van der Waals surface area contributed by atoms with E-state index in [2.05, 4.69) is 57.6 Å². The van der Waals surface area contributed by atoms with Crippen molar-refractivity contribution in [1.82, 2.24) is 15.1 Å². The standard InChI is InChI=1S/C26H33N3O.2ClH/c30-26(24-8-3-5-20(16-24)15-21-9-10-27-19-21)29-12-4-11-28(13-14-29)25-17-22-6-1-2-7-23(22)18-25;;/h1-3,5-8,16,21,25,27H,4,9-15,17-19H2;2*1H. The lowest BCUT2D eigenvalue weighted by Gasteiger charge is -2.27. The van der Waals surface area contributed by atoms with Crippen LogP contribution in [-0.2, 0) is 19.3 Å².